The van der Waals surface area contributed by atoms with E-state index in [0.717, 1.165) is 34.1 Å². The van der Waals surface area contributed by atoms with E-state index < -0.39 is 0 Å². The third-order valence-electron chi connectivity index (χ3n) is 5.03. The zero-order valence-corrected chi connectivity index (χ0v) is 17.6. The minimum atomic E-state index is -0.225. The van der Waals surface area contributed by atoms with E-state index in [1.54, 1.807) is 4.68 Å². The predicted octanol–water partition coefficient (Wildman–Crippen LogP) is 2.39. The van der Waals surface area contributed by atoms with Gasteiger partial charge in [0.1, 0.15) is 12.7 Å². The monoisotopic (exact) mass is 407 g/mol. The number of rotatable bonds is 5. The molecule has 3 aromatic rings. The van der Waals surface area contributed by atoms with Crippen molar-refractivity contribution in [2.45, 2.75) is 40.2 Å². The maximum Gasteiger partial charge on any atom is 0.251 e. The summed E-state index contributed by atoms with van der Waals surface area (Å²) < 4.78 is 13.3. The van der Waals surface area contributed by atoms with Gasteiger partial charge in [-0.1, -0.05) is 12.1 Å². The zero-order chi connectivity index (χ0) is 21.3. The van der Waals surface area contributed by atoms with Crippen LogP contribution in [0.5, 0.6) is 11.5 Å². The third-order valence-corrected chi connectivity index (χ3v) is 5.03. The highest BCUT2D eigenvalue weighted by Gasteiger charge is 2.22. The van der Waals surface area contributed by atoms with Gasteiger partial charge in [-0.05, 0) is 45.9 Å². The van der Waals surface area contributed by atoms with E-state index >= 15 is 0 Å². The van der Waals surface area contributed by atoms with Crippen LogP contribution in [0.4, 0.5) is 0 Å². The Morgan fingerprint density at radius 3 is 2.57 bits per heavy atom. The molecule has 30 heavy (non-hydrogen) atoms. The third kappa shape index (κ3) is 4.12. The lowest BCUT2D eigenvalue weighted by molar-refractivity contribution is -0.121. The molecule has 0 saturated heterocycles. The SMILES string of the molecule is Cc1cc(C)nc(-n2nc(C)c(CC(=O)NCC3COc4ccccc4O3)c2C)n1. The van der Waals surface area contributed by atoms with Crippen molar-refractivity contribution in [2.24, 2.45) is 0 Å². The quantitative estimate of drug-likeness (QED) is 0.698. The molecule has 1 amide bonds. The van der Waals surface area contributed by atoms with E-state index in [4.69, 9.17) is 9.47 Å². The van der Waals surface area contributed by atoms with Crippen LogP contribution >= 0.6 is 0 Å². The highest BCUT2D eigenvalue weighted by molar-refractivity contribution is 5.79. The second-order valence-corrected chi connectivity index (χ2v) is 7.49. The van der Waals surface area contributed by atoms with Crippen molar-refractivity contribution in [2.75, 3.05) is 13.2 Å². The van der Waals surface area contributed by atoms with Crippen LogP contribution in [0.2, 0.25) is 0 Å². The first kappa shape index (κ1) is 19.9. The summed E-state index contributed by atoms with van der Waals surface area (Å²) in [6.07, 6.45) is 0.00420. The van der Waals surface area contributed by atoms with Crippen LogP contribution in [0.15, 0.2) is 30.3 Å². The van der Waals surface area contributed by atoms with Gasteiger partial charge >= 0.3 is 0 Å². The average Bonchev–Trinajstić information content (AvgIpc) is 2.99. The van der Waals surface area contributed by atoms with Gasteiger partial charge in [0.05, 0.1) is 18.7 Å². The summed E-state index contributed by atoms with van der Waals surface area (Å²) >= 11 is 0. The number of nitrogens with zero attached hydrogens (tertiary/aromatic N) is 4. The van der Waals surface area contributed by atoms with Gasteiger partial charge in [-0.25, -0.2) is 14.6 Å². The van der Waals surface area contributed by atoms with Crippen molar-refractivity contribution in [3.05, 3.63) is 58.7 Å². The molecule has 0 radical (unpaired) electrons. The number of hydrogen-bond donors (Lipinski definition) is 1. The molecule has 4 rings (SSSR count). The van der Waals surface area contributed by atoms with E-state index in [2.05, 4.69) is 20.4 Å². The molecule has 0 aliphatic carbocycles. The van der Waals surface area contributed by atoms with Crippen molar-refractivity contribution < 1.29 is 14.3 Å². The van der Waals surface area contributed by atoms with Crippen molar-refractivity contribution >= 4 is 5.91 Å². The Kier molecular flexibility index (Phi) is 5.39. The first-order valence-corrected chi connectivity index (χ1v) is 9.93. The number of carbonyl (C=O) groups excluding carboxylic acids is 1. The minimum absolute atomic E-state index is 0.0930. The van der Waals surface area contributed by atoms with Crippen molar-refractivity contribution in [3.8, 4) is 17.4 Å². The number of aromatic nitrogens is 4. The number of hydrogen-bond acceptors (Lipinski definition) is 6. The molecule has 1 unspecified atom stereocenters. The molecule has 2 aromatic heterocycles. The van der Waals surface area contributed by atoms with Crippen LogP contribution < -0.4 is 14.8 Å². The van der Waals surface area contributed by atoms with Crippen LogP contribution in [0.1, 0.15) is 28.3 Å². The van der Waals surface area contributed by atoms with E-state index in [0.29, 0.717) is 24.8 Å². The van der Waals surface area contributed by atoms with Gasteiger partial charge in [0.15, 0.2) is 11.5 Å². The lowest BCUT2D eigenvalue weighted by Gasteiger charge is -2.26. The molecule has 1 aliphatic heterocycles. The average molecular weight is 407 g/mol. The van der Waals surface area contributed by atoms with Crippen LogP contribution in [-0.2, 0) is 11.2 Å². The Morgan fingerprint density at radius 1 is 1.13 bits per heavy atom. The Hall–Kier alpha value is -3.42. The molecule has 0 bridgehead atoms. The van der Waals surface area contributed by atoms with Crippen LogP contribution in [0.3, 0.4) is 0 Å². The summed E-state index contributed by atoms with van der Waals surface area (Å²) in [5.41, 5.74) is 4.28. The summed E-state index contributed by atoms with van der Waals surface area (Å²) in [6, 6.07) is 9.44. The van der Waals surface area contributed by atoms with Crippen LogP contribution in [0.25, 0.3) is 5.95 Å². The molecule has 1 aromatic carbocycles. The number of benzene rings is 1. The second-order valence-electron chi connectivity index (χ2n) is 7.49. The lowest BCUT2D eigenvalue weighted by atomic mass is 10.1. The number of ether oxygens (including phenoxy) is 2. The Labute approximate surface area is 175 Å². The van der Waals surface area contributed by atoms with Gasteiger partial charge in [-0.15, -0.1) is 0 Å². The fraction of sp³-hybridized carbons (Fsp3) is 0.364. The molecular weight excluding hydrogens is 382 g/mol. The summed E-state index contributed by atoms with van der Waals surface area (Å²) in [5, 5.41) is 7.50. The summed E-state index contributed by atoms with van der Waals surface area (Å²) in [7, 11) is 0. The summed E-state index contributed by atoms with van der Waals surface area (Å²) in [6.45, 7) is 8.45. The number of para-hydroxylation sites is 2. The first-order valence-electron chi connectivity index (χ1n) is 9.93. The maximum absolute atomic E-state index is 12.6. The fourth-order valence-corrected chi connectivity index (χ4v) is 3.54. The topological polar surface area (TPSA) is 91.2 Å². The van der Waals surface area contributed by atoms with Crippen molar-refractivity contribution in [1.82, 2.24) is 25.1 Å². The molecular formula is C22H25N5O3. The largest absolute Gasteiger partial charge is 0.486 e. The Balaban J connectivity index is 1.41. The maximum atomic E-state index is 12.6. The van der Waals surface area contributed by atoms with Gasteiger partial charge in [-0.2, -0.15) is 5.10 Å². The molecule has 1 atom stereocenters. The molecule has 0 saturated carbocycles. The zero-order valence-electron chi connectivity index (χ0n) is 17.6. The lowest BCUT2D eigenvalue weighted by Crippen LogP contribution is -2.41. The van der Waals surface area contributed by atoms with Crippen LogP contribution in [-0.4, -0.2) is 44.9 Å². The molecule has 0 spiro atoms. The smallest absolute Gasteiger partial charge is 0.251 e. The van der Waals surface area contributed by atoms with E-state index in [-0.39, 0.29) is 18.4 Å². The van der Waals surface area contributed by atoms with Crippen molar-refractivity contribution in [3.63, 3.8) is 0 Å². The molecule has 0 fully saturated rings. The summed E-state index contributed by atoms with van der Waals surface area (Å²) in [4.78, 5) is 21.5. The number of amides is 1. The predicted molar refractivity (Wildman–Crippen MR) is 111 cm³/mol. The molecule has 156 valence electrons. The number of fused-ring (bicyclic) bond motifs is 1. The molecule has 8 nitrogen and oxygen atoms in total. The van der Waals surface area contributed by atoms with Gasteiger partial charge in [-0.3, -0.25) is 4.79 Å². The van der Waals surface area contributed by atoms with Gasteiger partial charge in [0, 0.05) is 22.6 Å². The number of aryl methyl sites for hydroxylation is 3. The highest BCUT2D eigenvalue weighted by Crippen LogP contribution is 2.30. The second kappa shape index (κ2) is 8.14. The molecule has 3 heterocycles. The van der Waals surface area contributed by atoms with E-state index in [1.165, 1.54) is 0 Å². The summed E-state index contributed by atoms with van der Waals surface area (Å²) in [5.74, 6) is 1.85. The van der Waals surface area contributed by atoms with Crippen molar-refractivity contribution in [1.29, 1.82) is 0 Å². The minimum Gasteiger partial charge on any atom is -0.486 e. The van der Waals surface area contributed by atoms with Gasteiger partial charge in [0.25, 0.3) is 5.95 Å². The highest BCUT2D eigenvalue weighted by atomic mass is 16.6. The molecule has 1 N–H and O–H groups in total. The Morgan fingerprint density at radius 2 is 1.83 bits per heavy atom. The molecule has 8 heteroatoms. The Bertz CT molecular complexity index is 1070. The molecule has 1 aliphatic rings. The first-order chi connectivity index (χ1) is 14.4. The normalized spacial score (nSPS) is 15.1. The van der Waals surface area contributed by atoms with Gasteiger partial charge in [0.2, 0.25) is 5.91 Å². The van der Waals surface area contributed by atoms with Gasteiger partial charge < -0.3 is 14.8 Å². The fourth-order valence-electron chi connectivity index (χ4n) is 3.54. The van der Waals surface area contributed by atoms with E-state index in [9.17, 15) is 4.79 Å². The van der Waals surface area contributed by atoms with E-state index in [1.807, 2.05) is 58.0 Å². The van der Waals surface area contributed by atoms with Crippen LogP contribution in [0, 0.1) is 27.7 Å². The standard InChI is InChI=1S/C22H25N5O3/c1-13-9-14(2)25-22(24-13)27-16(4)18(15(3)26-27)10-21(28)23-11-17-12-29-19-7-5-6-8-20(19)30-17/h5-9,17H,10-12H2,1-4H3,(H,23,28). The number of carbonyl (C=O) groups is 1. The number of nitrogens with one attached hydrogen (secondary N) is 1.